The number of halogens is 3. The number of hydrogen-bond acceptors (Lipinski definition) is 4. The van der Waals surface area contributed by atoms with Crippen LogP contribution >= 0.6 is 0 Å². The number of amides is 2. The maximum absolute atomic E-state index is 12.7. The molecule has 10 heteroatoms. The van der Waals surface area contributed by atoms with Crippen molar-refractivity contribution in [1.29, 1.82) is 0 Å². The molecule has 2 amide bonds. The van der Waals surface area contributed by atoms with Crippen LogP contribution in [-0.2, 0) is 11.3 Å². The van der Waals surface area contributed by atoms with Crippen molar-refractivity contribution in [2.45, 2.75) is 19.6 Å². The van der Waals surface area contributed by atoms with Gasteiger partial charge in [0.05, 0.1) is 5.56 Å². The summed E-state index contributed by atoms with van der Waals surface area (Å²) >= 11 is 0. The molecule has 7 nitrogen and oxygen atoms in total. The monoisotopic (exact) mass is 417 g/mol. The van der Waals surface area contributed by atoms with Crippen LogP contribution in [-0.4, -0.2) is 44.2 Å². The van der Waals surface area contributed by atoms with Crippen molar-refractivity contribution in [2.75, 3.05) is 11.9 Å². The van der Waals surface area contributed by atoms with E-state index in [2.05, 4.69) is 15.4 Å². The second-order valence-corrected chi connectivity index (χ2v) is 6.33. The highest BCUT2D eigenvalue weighted by molar-refractivity contribution is 6.04. The summed E-state index contributed by atoms with van der Waals surface area (Å²) < 4.78 is 39.6. The van der Waals surface area contributed by atoms with E-state index in [1.165, 1.54) is 19.2 Å². The first-order valence-corrected chi connectivity index (χ1v) is 9.00. The van der Waals surface area contributed by atoms with Crippen molar-refractivity contribution < 1.29 is 22.8 Å². The van der Waals surface area contributed by atoms with Crippen molar-refractivity contribution in [3.8, 4) is 5.82 Å². The molecule has 3 rings (SSSR count). The molecule has 0 saturated heterocycles. The molecule has 3 aromatic rings. The lowest BCUT2D eigenvalue weighted by atomic mass is 10.1. The van der Waals surface area contributed by atoms with Gasteiger partial charge in [-0.15, -0.1) is 0 Å². The summed E-state index contributed by atoms with van der Waals surface area (Å²) in [5, 5.41) is 6.73. The molecule has 0 saturated carbocycles. The zero-order chi connectivity index (χ0) is 21.7. The minimum atomic E-state index is -4.93. The fourth-order valence-electron chi connectivity index (χ4n) is 2.74. The highest BCUT2D eigenvalue weighted by atomic mass is 19.4. The second kappa shape index (κ2) is 8.76. The molecule has 0 unspecified atom stereocenters. The van der Waals surface area contributed by atoms with E-state index in [1.807, 2.05) is 0 Å². The standard InChI is InChI=1S/C20H18F3N5O2/c1-2-27(19(30)20(21,22)23)13-14-5-3-6-16(11-14)26-18(29)15-7-8-17(24-12-15)28-10-4-9-25-28/h3-12H,2,13H2,1H3,(H,26,29). The number of anilines is 1. The van der Waals surface area contributed by atoms with Crippen molar-refractivity contribution in [1.82, 2.24) is 19.7 Å². The minimum Gasteiger partial charge on any atom is -0.331 e. The fourth-order valence-corrected chi connectivity index (χ4v) is 2.74. The summed E-state index contributed by atoms with van der Waals surface area (Å²) in [6, 6.07) is 11.3. The Labute approximate surface area is 170 Å². The average molecular weight is 417 g/mol. The van der Waals surface area contributed by atoms with Crippen molar-refractivity contribution >= 4 is 17.5 Å². The first kappa shape index (κ1) is 21.0. The Morgan fingerprint density at radius 2 is 1.97 bits per heavy atom. The number of carbonyl (C=O) groups is 2. The average Bonchev–Trinajstić information content (AvgIpc) is 3.26. The summed E-state index contributed by atoms with van der Waals surface area (Å²) in [6.45, 7) is 1.15. The van der Waals surface area contributed by atoms with Crippen molar-refractivity contribution in [3.63, 3.8) is 0 Å². The predicted molar refractivity (Wildman–Crippen MR) is 103 cm³/mol. The van der Waals surface area contributed by atoms with Crippen LogP contribution in [0.1, 0.15) is 22.8 Å². The Bertz CT molecular complexity index is 1020. The Balaban J connectivity index is 1.68. The Hall–Kier alpha value is -3.69. The molecule has 0 aliphatic heterocycles. The molecule has 0 aliphatic rings. The molecular formula is C20H18F3N5O2. The first-order valence-electron chi connectivity index (χ1n) is 9.00. The van der Waals surface area contributed by atoms with Gasteiger partial charge < -0.3 is 10.2 Å². The van der Waals surface area contributed by atoms with Gasteiger partial charge in [0.15, 0.2) is 5.82 Å². The molecule has 0 atom stereocenters. The van der Waals surface area contributed by atoms with Gasteiger partial charge in [-0.2, -0.15) is 18.3 Å². The topological polar surface area (TPSA) is 80.1 Å². The highest BCUT2D eigenvalue weighted by Crippen LogP contribution is 2.21. The molecule has 0 bridgehead atoms. The Kier molecular flexibility index (Phi) is 6.14. The largest absolute Gasteiger partial charge is 0.471 e. The predicted octanol–water partition coefficient (Wildman–Crippen LogP) is 3.43. The Morgan fingerprint density at radius 1 is 1.17 bits per heavy atom. The van der Waals surface area contributed by atoms with Crippen molar-refractivity contribution in [3.05, 3.63) is 72.2 Å². The number of carbonyl (C=O) groups excluding carboxylic acids is 2. The second-order valence-electron chi connectivity index (χ2n) is 6.33. The van der Waals surface area contributed by atoms with E-state index in [0.29, 0.717) is 27.5 Å². The maximum atomic E-state index is 12.7. The smallest absolute Gasteiger partial charge is 0.331 e. The number of hydrogen-bond donors (Lipinski definition) is 1. The summed E-state index contributed by atoms with van der Waals surface area (Å²) in [6.07, 6.45) is -0.206. The van der Waals surface area contributed by atoms with Gasteiger partial charge in [-0.05, 0) is 42.8 Å². The third kappa shape index (κ3) is 5.02. The van der Waals surface area contributed by atoms with E-state index >= 15 is 0 Å². The van der Waals surface area contributed by atoms with Crippen LogP contribution in [0.2, 0.25) is 0 Å². The minimum absolute atomic E-state index is 0.0940. The molecule has 0 aliphatic carbocycles. The summed E-state index contributed by atoms with van der Waals surface area (Å²) in [5.41, 5.74) is 1.15. The maximum Gasteiger partial charge on any atom is 0.471 e. The first-order chi connectivity index (χ1) is 14.3. The quantitative estimate of drug-likeness (QED) is 0.667. The molecular weight excluding hydrogens is 399 g/mol. The molecule has 1 aromatic carbocycles. The number of pyridine rings is 1. The van der Waals surface area contributed by atoms with E-state index in [-0.39, 0.29) is 13.1 Å². The molecule has 2 heterocycles. The molecule has 0 fully saturated rings. The lowest BCUT2D eigenvalue weighted by molar-refractivity contribution is -0.185. The Morgan fingerprint density at radius 3 is 2.57 bits per heavy atom. The lowest BCUT2D eigenvalue weighted by Crippen LogP contribution is -2.40. The summed E-state index contributed by atoms with van der Waals surface area (Å²) in [7, 11) is 0. The van der Waals surface area contributed by atoms with E-state index in [9.17, 15) is 22.8 Å². The van der Waals surface area contributed by atoms with Gasteiger partial charge in [0.1, 0.15) is 0 Å². The van der Waals surface area contributed by atoms with Crippen LogP contribution in [0.3, 0.4) is 0 Å². The van der Waals surface area contributed by atoms with E-state index < -0.39 is 18.0 Å². The van der Waals surface area contributed by atoms with Gasteiger partial charge in [0.2, 0.25) is 0 Å². The molecule has 2 aromatic heterocycles. The van der Waals surface area contributed by atoms with Gasteiger partial charge in [-0.1, -0.05) is 12.1 Å². The summed E-state index contributed by atoms with van der Waals surface area (Å²) in [4.78, 5) is 28.8. The lowest BCUT2D eigenvalue weighted by Gasteiger charge is -2.22. The van der Waals surface area contributed by atoms with E-state index in [0.717, 1.165) is 0 Å². The molecule has 1 N–H and O–H groups in total. The van der Waals surface area contributed by atoms with Crippen LogP contribution in [0.5, 0.6) is 0 Å². The van der Waals surface area contributed by atoms with Gasteiger partial charge in [0, 0.05) is 37.4 Å². The number of nitrogens with zero attached hydrogens (tertiary/aromatic N) is 4. The van der Waals surface area contributed by atoms with E-state index in [1.54, 1.807) is 53.5 Å². The fraction of sp³-hybridized carbons (Fsp3) is 0.200. The molecule has 0 radical (unpaired) electrons. The van der Waals surface area contributed by atoms with Crippen LogP contribution in [0, 0.1) is 0 Å². The van der Waals surface area contributed by atoms with Crippen LogP contribution in [0.4, 0.5) is 18.9 Å². The highest BCUT2D eigenvalue weighted by Gasteiger charge is 2.41. The van der Waals surface area contributed by atoms with Gasteiger partial charge in [-0.3, -0.25) is 9.59 Å². The normalized spacial score (nSPS) is 11.2. The van der Waals surface area contributed by atoms with Crippen LogP contribution in [0.25, 0.3) is 5.82 Å². The van der Waals surface area contributed by atoms with Gasteiger partial charge >= 0.3 is 12.1 Å². The van der Waals surface area contributed by atoms with Crippen LogP contribution in [0.15, 0.2) is 61.1 Å². The zero-order valence-corrected chi connectivity index (χ0v) is 15.9. The number of rotatable bonds is 6. The SMILES string of the molecule is CCN(Cc1cccc(NC(=O)c2ccc(-n3cccn3)nc2)c1)C(=O)C(F)(F)F. The third-order valence-electron chi connectivity index (χ3n) is 4.22. The molecule has 0 spiro atoms. The van der Waals surface area contributed by atoms with E-state index in [4.69, 9.17) is 0 Å². The number of alkyl halides is 3. The van der Waals surface area contributed by atoms with Gasteiger partial charge in [-0.25, -0.2) is 9.67 Å². The number of nitrogens with one attached hydrogen (secondary N) is 1. The van der Waals surface area contributed by atoms with Crippen LogP contribution < -0.4 is 5.32 Å². The summed E-state index contributed by atoms with van der Waals surface area (Å²) in [5.74, 6) is -1.78. The number of benzene rings is 1. The van der Waals surface area contributed by atoms with Gasteiger partial charge in [0.25, 0.3) is 5.91 Å². The molecule has 30 heavy (non-hydrogen) atoms. The number of aromatic nitrogens is 3. The molecule has 156 valence electrons. The third-order valence-corrected chi connectivity index (χ3v) is 4.22. The van der Waals surface area contributed by atoms with Crippen molar-refractivity contribution in [2.24, 2.45) is 0 Å². The zero-order valence-electron chi connectivity index (χ0n) is 15.9.